The van der Waals surface area contributed by atoms with E-state index in [1.165, 1.54) is 22.7 Å². The standard InChI is InChI=1S/C24H24N4O5S2/c29-20-16-5-1-2-6-18(16)33-21(20)17-14-35-23(26-17)28(22(30)19-7-3-12-34-19)10-4-9-27-11-8-15(13-27)25-24(31)32/h1-3,5-7,12,14-15,21,25H,4,8-11,13H2,(H,31,32). The molecule has 0 bridgehead atoms. The molecule has 0 saturated carbocycles. The molecule has 2 aliphatic rings. The largest absolute Gasteiger partial charge is 0.475 e. The fourth-order valence-electron chi connectivity index (χ4n) is 4.41. The lowest BCUT2D eigenvalue weighted by molar-refractivity contribution is 0.0854. The molecule has 1 aromatic carbocycles. The number of fused-ring (bicyclic) bond motifs is 1. The lowest BCUT2D eigenvalue weighted by Gasteiger charge is -2.22. The van der Waals surface area contributed by atoms with Crippen molar-refractivity contribution < 1.29 is 24.2 Å². The smallest absolute Gasteiger partial charge is 0.404 e. The van der Waals surface area contributed by atoms with Crippen molar-refractivity contribution in [3.8, 4) is 5.75 Å². The number of carbonyl (C=O) groups excluding carboxylic acids is 2. The van der Waals surface area contributed by atoms with E-state index >= 15 is 0 Å². The maximum Gasteiger partial charge on any atom is 0.404 e. The van der Waals surface area contributed by atoms with Gasteiger partial charge in [0.1, 0.15) is 11.4 Å². The van der Waals surface area contributed by atoms with Crippen molar-refractivity contribution in [1.29, 1.82) is 0 Å². The summed E-state index contributed by atoms with van der Waals surface area (Å²) in [4.78, 5) is 46.1. The number of Topliss-reactive ketones (excluding diaryl/α,β-unsaturated/α-hetero) is 1. The summed E-state index contributed by atoms with van der Waals surface area (Å²) in [7, 11) is 0. The van der Waals surface area contributed by atoms with Crippen LogP contribution in [0.5, 0.6) is 5.75 Å². The summed E-state index contributed by atoms with van der Waals surface area (Å²) in [5.74, 6) is 0.284. The molecule has 9 nitrogen and oxygen atoms in total. The van der Waals surface area contributed by atoms with E-state index in [0.29, 0.717) is 46.5 Å². The van der Waals surface area contributed by atoms with Crippen LogP contribution in [0.4, 0.5) is 9.93 Å². The quantitative estimate of drug-likeness (QED) is 0.471. The number of thiazole rings is 1. The number of benzene rings is 1. The van der Waals surface area contributed by atoms with Crippen LogP contribution in [0.1, 0.15) is 44.7 Å². The highest BCUT2D eigenvalue weighted by Crippen LogP contribution is 2.38. The summed E-state index contributed by atoms with van der Waals surface area (Å²) < 4.78 is 5.86. The predicted octanol–water partition coefficient (Wildman–Crippen LogP) is 3.90. The highest BCUT2D eigenvalue weighted by Gasteiger charge is 2.36. The molecule has 4 heterocycles. The topological polar surface area (TPSA) is 112 Å². The number of hydrogen-bond donors (Lipinski definition) is 2. The average molecular weight is 513 g/mol. The molecule has 2 atom stereocenters. The molecule has 1 saturated heterocycles. The van der Waals surface area contributed by atoms with E-state index in [1.807, 2.05) is 17.5 Å². The van der Waals surface area contributed by atoms with Crippen molar-refractivity contribution in [2.45, 2.75) is 25.0 Å². The molecule has 2 amide bonds. The normalized spacial score (nSPS) is 19.4. The van der Waals surface area contributed by atoms with Crippen LogP contribution in [0.15, 0.2) is 47.2 Å². The third kappa shape index (κ3) is 5.07. The molecule has 2 N–H and O–H groups in total. The average Bonchev–Trinajstić information content (AvgIpc) is 3.64. The number of carbonyl (C=O) groups is 3. The molecule has 182 valence electrons. The van der Waals surface area contributed by atoms with Gasteiger partial charge < -0.3 is 20.1 Å². The number of rotatable bonds is 8. The minimum atomic E-state index is -1.00. The lowest BCUT2D eigenvalue weighted by Crippen LogP contribution is -2.37. The van der Waals surface area contributed by atoms with Crippen LogP contribution in [0.25, 0.3) is 0 Å². The van der Waals surface area contributed by atoms with Gasteiger partial charge in [0.2, 0.25) is 11.9 Å². The Bertz CT molecular complexity index is 1230. The van der Waals surface area contributed by atoms with Gasteiger partial charge in [-0.05, 0) is 43.0 Å². The maximum absolute atomic E-state index is 13.3. The van der Waals surface area contributed by atoms with Gasteiger partial charge in [0.15, 0.2) is 5.13 Å². The highest BCUT2D eigenvalue weighted by molar-refractivity contribution is 7.14. The van der Waals surface area contributed by atoms with Crippen LogP contribution >= 0.6 is 22.7 Å². The number of ether oxygens (including phenoxy) is 1. The van der Waals surface area contributed by atoms with Crippen molar-refractivity contribution >= 4 is 45.6 Å². The Labute approximate surface area is 210 Å². The van der Waals surface area contributed by atoms with Crippen molar-refractivity contribution in [2.24, 2.45) is 0 Å². The van der Waals surface area contributed by atoms with Crippen molar-refractivity contribution in [3.05, 3.63) is 63.3 Å². The van der Waals surface area contributed by atoms with Gasteiger partial charge in [-0.2, -0.15) is 0 Å². The molecular formula is C24H24N4O5S2. The SMILES string of the molecule is O=C(O)NC1CCN(CCCN(C(=O)c2cccs2)c2nc(C3Oc4ccccc4C3=O)cs2)C1. The number of para-hydroxylation sites is 1. The summed E-state index contributed by atoms with van der Waals surface area (Å²) in [6.07, 6.45) is -0.329. The fourth-order valence-corrected chi connectivity index (χ4v) is 5.94. The van der Waals surface area contributed by atoms with E-state index in [9.17, 15) is 14.4 Å². The Morgan fingerprint density at radius 2 is 2.09 bits per heavy atom. The predicted molar refractivity (Wildman–Crippen MR) is 133 cm³/mol. The van der Waals surface area contributed by atoms with E-state index in [0.717, 1.165) is 19.5 Å². The number of nitrogens with one attached hydrogen (secondary N) is 1. The van der Waals surface area contributed by atoms with E-state index in [1.54, 1.807) is 34.5 Å². The van der Waals surface area contributed by atoms with Crippen LogP contribution in [-0.2, 0) is 0 Å². The zero-order valence-electron chi connectivity index (χ0n) is 18.8. The summed E-state index contributed by atoms with van der Waals surface area (Å²) >= 11 is 2.69. The second kappa shape index (κ2) is 10.1. The molecule has 0 spiro atoms. The third-order valence-corrected chi connectivity index (χ3v) is 7.82. The number of thiophene rings is 1. The minimum Gasteiger partial charge on any atom is -0.475 e. The van der Waals surface area contributed by atoms with E-state index in [2.05, 4.69) is 15.2 Å². The van der Waals surface area contributed by atoms with Gasteiger partial charge in [-0.1, -0.05) is 18.2 Å². The number of aromatic nitrogens is 1. The maximum atomic E-state index is 13.3. The van der Waals surface area contributed by atoms with Crippen molar-refractivity contribution in [1.82, 2.24) is 15.2 Å². The number of ketones is 1. The van der Waals surface area contributed by atoms with Crippen LogP contribution in [0.3, 0.4) is 0 Å². The molecule has 3 aromatic rings. The van der Waals surface area contributed by atoms with E-state index < -0.39 is 12.2 Å². The van der Waals surface area contributed by atoms with E-state index in [4.69, 9.17) is 9.84 Å². The second-order valence-corrected chi connectivity index (χ2v) is 10.2. The number of amides is 2. The third-order valence-electron chi connectivity index (χ3n) is 6.08. The summed E-state index contributed by atoms with van der Waals surface area (Å²) in [6.45, 7) is 2.67. The molecule has 2 aromatic heterocycles. The molecule has 35 heavy (non-hydrogen) atoms. The Morgan fingerprint density at radius 1 is 1.23 bits per heavy atom. The summed E-state index contributed by atoms with van der Waals surface area (Å²) in [5, 5.41) is 15.6. The fraction of sp³-hybridized carbons (Fsp3) is 0.333. The van der Waals surface area contributed by atoms with Crippen molar-refractivity contribution in [3.63, 3.8) is 0 Å². The zero-order chi connectivity index (χ0) is 24.4. The molecule has 2 aliphatic heterocycles. The number of carboxylic acid groups (broad SMARTS) is 1. The van der Waals surface area contributed by atoms with E-state index in [-0.39, 0.29) is 17.7 Å². The van der Waals surface area contributed by atoms with Gasteiger partial charge in [-0.15, -0.1) is 22.7 Å². The summed E-state index contributed by atoms with van der Waals surface area (Å²) in [6, 6.07) is 10.7. The summed E-state index contributed by atoms with van der Waals surface area (Å²) in [5.41, 5.74) is 1.04. The molecule has 1 fully saturated rings. The first-order valence-corrected chi connectivity index (χ1v) is 13.1. The Morgan fingerprint density at radius 3 is 2.86 bits per heavy atom. The Balaban J connectivity index is 1.28. The monoisotopic (exact) mass is 512 g/mol. The van der Waals surface area contributed by atoms with Gasteiger partial charge in [0, 0.05) is 31.1 Å². The molecule has 11 heteroatoms. The number of anilines is 1. The van der Waals surface area contributed by atoms with Gasteiger partial charge in [0.05, 0.1) is 10.4 Å². The van der Waals surface area contributed by atoms with Gasteiger partial charge in [-0.3, -0.25) is 14.5 Å². The first-order valence-electron chi connectivity index (χ1n) is 11.3. The Hall–Kier alpha value is -3.28. The first-order chi connectivity index (χ1) is 17.0. The van der Waals surface area contributed by atoms with Gasteiger partial charge in [-0.25, -0.2) is 9.78 Å². The minimum absolute atomic E-state index is 0.0639. The Kier molecular flexibility index (Phi) is 6.80. The highest BCUT2D eigenvalue weighted by atomic mass is 32.1. The van der Waals surface area contributed by atoms with Crippen LogP contribution < -0.4 is 15.0 Å². The zero-order valence-corrected chi connectivity index (χ0v) is 20.4. The molecule has 2 unspecified atom stereocenters. The van der Waals surface area contributed by atoms with Crippen molar-refractivity contribution in [2.75, 3.05) is 31.1 Å². The van der Waals surface area contributed by atoms with Crippen LogP contribution in [0.2, 0.25) is 0 Å². The van der Waals surface area contributed by atoms with Gasteiger partial charge >= 0.3 is 6.09 Å². The van der Waals surface area contributed by atoms with Crippen LogP contribution in [-0.4, -0.2) is 65.0 Å². The number of hydrogen-bond acceptors (Lipinski definition) is 8. The molecular weight excluding hydrogens is 488 g/mol. The first kappa shape index (κ1) is 23.5. The van der Waals surface area contributed by atoms with Gasteiger partial charge in [0.25, 0.3) is 5.91 Å². The molecule has 0 aliphatic carbocycles. The lowest BCUT2D eigenvalue weighted by atomic mass is 10.1. The molecule has 0 radical (unpaired) electrons. The molecule has 5 rings (SSSR count). The number of nitrogens with zero attached hydrogens (tertiary/aromatic N) is 3. The van der Waals surface area contributed by atoms with Crippen LogP contribution in [0, 0.1) is 0 Å². The number of likely N-dealkylation sites (tertiary alicyclic amines) is 1. The second-order valence-electron chi connectivity index (χ2n) is 8.44.